The van der Waals surface area contributed by atoms with Gasteiger partial charge in [-0.2, -0.15) is 0 Å². The van der Waals surface area contributed by atoms with E-state index in [-0.39, 0.29) is 19.1 Å². The molecule has 0 aliphatic carbocycles. The predicted octanol–water partition coefficient (Wildman–Crippen LogP) is 4.23. The number of nitrogens with zero attached hydrogens (tertiary/aromatic N) is 2. The van der Waals surface area contributed by atoms with Crippen LogP contribution in [0.2, 0.25) is 0 Å². The van der Waals surface area contributed by atoms with Crippen LogP contribution in [0.25, 0.3) is 0 Å². The minimum Gasteiger partial charge on any atom is -0.444 e. The number of alkyl halides is 2. The molecule has 2 aliphatic heterocycles. The van der Waals surface area contributed by atoms with E-state index in [1.807, 2.05) is 39.0 Å². The summed E-state index contributed by atoms with van der Waals surface area (Å²) in [7, 11) is 0. The third-order valence-electron chi connectivity index (χ3n) is 5.18. The van der Waals surface area contributed by atoms with E-state index in [2.05, 4.69) is 0 Å². The van der Waals surface area contributed by atoms with E-state index in [4.69, 9.17) is 10.5 Å². The van der Waals surface area contributed by atoms with E-state index < -0.39 is 11.5 Å². The van der Waals surface area contributed by atoms with Crippen molar-refractivity contribution in [2.75, 3.05) is 36.8 Å². The van der Waals surface area contributed by atoms with Crippen LogP contribution in [0.4, 0.5) is 25.0 Å². The maximum atomic E-state index is 13.5. The number of nitrogen functional groups attached to an aromatic ring is 1. The molecule has 0 radical (unpaired) electrons. The summed E-state index contributed by atoms with van der Waals surface area (Å²) in [4.78, 5) is 15.6. The van der Waals surface area contributed by atoms with Crippen molar-refractivity contribution in [2.24, 2.45) is 0 Å². The molecule has 0 spiro atoms. The standard InChI is InChI=1S/C20H29F2N3O2/c1-19(2,3)27-18(26)24-9-6-14(7-10-24)15-4-5-17(16(23)12-15)25-11-8-20(21,22)13-25/h4-5,12,14H,6-11,13,23H2,1-3H3. The summed E-state index contributed by atoms with van der Waals surface area (Å²) in [5.41, 5.74) is 8.00. The normalized spacial score (nSPS) is 20.8. The van der Waals surface area contributed by atoms with E-state index in [9.17, 15) is 13.6 Å². The van der Waals surface area contributed by atoms with Crippen LogP contribution in [0, 0.1) is 0 Å². The van der Waals surface area contributed by atoms with Gasteiger partial charge in [-0.3, -0.25) is 0 Å². The summed E-state index contributed by atoms with van der Waals surface area (Å²) in [5.74, 6) is -2.33. The van der Waals surface area contributed by atoms with E-state index in [1.54, 1.807) is 9.80 Å². The fraction of sp³-hybridized carbons (Fsp3) is 0.650. The molecule has 0 atom stereocenters. The quantitative estimate of drug-likeness (QED) is 0.779. The number of amides is 1. The van der Waals surface area contributed by atoms with Crippen LogP contribution in [0.1, 0.15) is 51.5 Å². The molecule has 150 valence electrons. The highest BCUT2D eigenvalue weighted by Gasteiger charge is 2.39. The van der Waals surface area contributed by atoms with Crippen molar-refractivity contribution in [2.45, 2.75) is 57.5 Å². The highest BCUT2D eigenvalue weighted by molar-refractivity contribution is 5.70. The summed E-state index contributed by atoms with van der Waals surface area (Å²) in [6.07, 6.45) is 1.27. The Morgan fingerprint density at radius 2 is 1.89 bits per heavy atom. The zero-order valence-electron chi connectivity index (χ0n) is 16.3. The number of carbonyl (C=O) groups excluding carboxylic acids is 1. The number of hydrogen-bond donors (Lipinski definition) is 1. The lowest BCUT2D eigenvalue weighted by atomic mass is 9.89. The number of benzene rings is 1. The lowest BCUT2D eigenvalue weighted by Crippen LogP contribution is -2.41. The van der Waals surface area contributed by atoms with Gasteiger partial charge < -0.3 is 20.3 Å². The molecule has 7 heteroatoms. The Hall–Kier alpha value is -2.05. The minimum absolute atomic E-state index is 0.128. The Kier molecular flexibility index (Phi) is 5.23. The number of anilines is 2. The van der Waals surface area contributed by atoms with E-state index >= 15 is 0 Å². The Morgan fingerprint density at radius 1 is 1.22 bits per heavy atom. The Balaban J connectivity index is 1.60. The first-order valence-electron chi connectivity index (χ1n) is 9.54. The van der Waals surface area contributed by atoms with Gasteiger partial charge in [0.25, 0.3) is 5.92 Å². The van der Waals surface area contributed by atoms with Crippen molar-refractivity contribution in [3.05, 3.63) is 23.8 Å². The van der Waals surface area contributed by atoms with Crippen molar-refractivity contribution < 1.29 is 18.3 Å². The van der Waals surface area contributed by atoms with E-state index in [0.717, 1.165) is 18.4 Å². The highest BCUT2D eigenvalue weighted by Crippen LogP contribution is 2.37. The fourth-order valence-electron chi connectivity index (χ4n) is 3.78. The molecule has 0 unspecified atom stereocenters. The number of nitrogens with two attached hydrogens (primary N) is 1. The summed E-state index contributed by atoms with van der Waals surface area (Å²) >= 11 is 0. The molecule has 2 heterocycles. The van der Waals surface area contributed by atoms with Crippen LogP contribution in [0.5, 0.6) is 0 Å². The number of likely N-dealkylation sites (tertiary alicyclic amines) is 1. The second kappa shape index (κ2) is 7.17. The number of carbonyl (C=O) groups is 1. The highest BCUT2D eigenvalue weighted by atomic mass is 19.3. The van der Waals surface area contributed by atoms with Crippen LogP contribution < -0.4 is 10.6 Å². The van der Waals surface area contributed by atoms with Crippen molar-refractivity contribution in [1.82, 2.24) is 4.90 Å². The zero-order valence-corrected chi connectivity index (χ0v) is 16.3. The monoisotopic (exact) mass is 381 g/mol. The molecular weight excluding hydrogens is 352 g/mol. The first kappa shape index (κ1) is 19.7. The Labute approximate surface area is 159 Å². The number of hydrogen-bond acceptors (Lipinski definition) is 4. The number of piperidine rings is 1. The maximum Gasteiger partial charge on any atom is 0.410 e. The summed E-state index contributed by atoms with van der Waals surface area (Å²) in [5, 5.41) is 0. The van der Waals surface area contributed by atoms with Crippen molar-refractivity contribution in [3.63, 3.8) is 0 Å². The van der Waals surface area contributed by atoms with Gasteiger partial charge in [-0.25, -0.2) is 13.6 Å². The first-order chi connectivity index (χ1) is 12.5. The largest absolute Gasteiger partial charge is 0.444 e. The molecule has 1 amide bonds. The smallest absolute Gasteiger partial charge is 0.410 e. The summed E-state index contributed by atoms with van der Waals surface area (Å²) < 4.78 is 32.4. The second-order valence-electron chi connectivity index (χ2n) is 8.59. The lowest BCUT2D eigenvalue weighted by molar-refractivity contribution is 0.0203. The van der Waals surface area contributed by atoms with Crippen LogP contribution >= 0.6 is 0 Å². The third-order valence-corrected chi connectivity index (χ3v) is 5.18. The number of ether oxygens (including phenoxy) is 1. The molecule has 2 N–H and O–H groups in total. The molecule has 0 saturated carbocycles. The third kappa shape index (κ3) is 4.82. The molecule has 1 aromatic carbocycles. The van der Waals surface area contributed by atoms with Gasteiger partial charge in [-0.15, -0.1) is 0 Å². The van der Waals surface area contributed by atoms with Crippen molar-refractivity contribution in [3.8, 4) is 0 Å². The molecule has 2 saturated heterocycles. The topological polar surface area (TPSA) is 58.8 Å². The van der Waals surface area contributed by atoms with Gasteiger partial charge in [0.1, 0.15) is 5.60 Å². The van der Waals surface area contributed by atoms with Gasteiger partial charge >= 0.3 is 6.09 Å². The molecule has 2 aliphatic rings. The number of rotatable bonds is 2. The van der Waals surface area contributed by atoms with Crippen LogP contribution in [0.15, 0.2) is 18.2 Å². The van der Waals surface area contributed by atoms with Crippen LogP contribution in [0.3, 0.4) is 0 Å². The Bertz CT molecular complexity index is 695. The van der Waals surface area contributed by atoms with Gasteiger partial charge in [-0.1, -0.05) is 6.07 Å². The molecule has 0 aromatic heterocycles. The van der Waals surface area contributed by atoms with Gasteiger partial charge in [0.2, 0.25) is 0 Å². The van der Waals surface area contributed by atoms with Crippen molar-refractivity contribution >= 4 is 17.5 Å². The summed E-state index contributed by atoms with van der Waals surface area (Å²) in [6.45, 7) is 6.91. The first-order valence-corrected chi connectivity index (χ1v) is 9.54. The van der Waals surface area contributed by atoms with E-state index in [0.29, 0.717) is 36.9 Å². The molecule has 1 aromatic rings. The fourth-order valence-corrected chi connectivity index (χ4v) is 3.78. The average molecular weight is 381 g/mol. The summed E-state index contributed by atoms with van der Waals surface area (Å²) in [6, 6.07) is 5.74. The average Bonchev–Trinajstić information content (AvgIpc) is 2.93. The SMILES string of the molecule is CC(C)(C)OC(=O)N1CCC(c2ccc(N3CCC(F)(F)C3)c(N)c2)CC1. The van der Waals surface area contributed by atoms with Crippen LogP contribution in [-0.4, -0.2) is 48.7 Å². The molecule has 5 nitrogen and oxygen atoms in total. The molecule has 2 fully saturated rings. The maximum absolute atomic E-state index is 13.5. The van der Waals surface area contributed by atoms with Crippen molar-refractivity contribution in [1.29, 1.82) is 0 Å². The van der Waals surface area contributed by atoms with E-state index in [1.165, 1.54) is 0 Å². The molecule has 3 rings (SSSR count). The van der Waals surface area contributed by atoms with Gasteiger partial charge in [0.15, 0.2) is 0 Å². The van der Waals surface area contributed by atoms with Gasteiger partial charge in [-0.05, 0) is 57.2 Å². The minimum atomic E-state index is -2.64. The molecular formula is C20H29F2N3O2. The van der Waals surface area contributed by atoms with Gasteiger partial charge in [0.05, 0.1) is 17.9 Å². The Morgan fingerprint density at radius 3 is 2.41 bits per heavy atom. The lowest BCUT2D eigenvalue weighted by Gasteiger charge is -2.34. The second-order valence-corrected chi connectivity index (χ2v) is 8.59. The predicted molar refractivity (Wildman–Crippen MR) is 102 cm³/mol. The number of halogens is 2. The molecule has 0 bridgehead atoms. The molecule has 27 heavy (non-hydrogen) atoms. The zero-order chi connectivity index (χ0) is 19.8. The van der Waals surface area contributed by atoms with Gasteiger partial charge in [0, 0.05) is 26.1 Å². The van der Waals surface area contributed by atoms with Crippen LogP contribution in [-0.2, 0) is 4.74 Å².